The Hall–Kier alpha value is -1.18. The minimum absolute atomic E-state index is 0.895. The van der Waals surface area contributed by atoms with E-state index in [2.05, 4.69) is 31.0 Å². The van der Waals surface area contributed by atoms with Crippen molar-refractivity contribution in [2.45, 2.75) is 32.6 Å². The van der Waals surface area contributed by atoms with Crippen LogP contribution in [0.1, 0.15) is 31.2 Å². The number of hydrogen-bond acceptors (Lipinski definition) is 2. The van der Waals surface area contributed by atoms with Crippen molar-refractivity contribution in [1.82, 2.24) is 0 Å². The molecule has 0 heterocycles. The highest BCUT2D eigenvalue weighted by Gasteiger charge is 2.39. The molecule has 0 radical (unpaired) electrons. The van der Waals surface area contributed by atoms with Crippen LogP contribution in [0.5, 0.6) is 0 Å². The number of rotatable bonds is 3. The van der Waals surface area contributed by atoms with Crippen molar-refractivity contribution in [3.63, 3.8) is 0 Å². The van der Waals surface area contributed by atoms with Crippen LogP contribution in [-0.4, -0.2) is 13.6 Å². The molecule has 2 aliphatic carbocycles. The van der Waals surface area contributed by atoms with Crippen molar-refractivity contribution in [3.05, 3.63) is 23.8 Å². The third-order valence-electron chi connectivity index (χ3n) is 5.09. The van der Waals surface area contributed by atoms with Crippen molar-refractivity contribution in [2.75, 3.05) is 24.2 Å². The van der Waals surface area contributed by atoms with E-state index in [1.807, 2.05) is 6.07 Å². The van der Waals surface area contributed by atoms with E-state index in [1.165, 1.54) is 43.5 Å². The second-order valence-corrected chi connectivity index (χ2v) is 6.36. The van der Waals surface area contributed by atoms with Crippen LogP contribution >= 0.6 is 0 Å². The maximum Gasteiger partial charge on any atom is 0.0367 e. The molecule has 2 nitrogen and oxygen atoms in total. The summed E-state index contributed by atoms with van der Waals surface area (Å²) in [5, 5.41) is 0. The van der Waals surface area contributed by atoms with Gasteiger partial charge < -0.3 is 10.6 Å². The minimum Gasteiger partial charge on any atom is -0.399 e. The summed E-state index contributed by atoms with van der Waals surface area (Å²) in [7, 11) is 2.22. The molecule has 98 valence electrons. The number of nitrogens with zero attached hydrogens (tertiary/aromatic N) is 1. The van der Waals surface area contributed by atoms with Gasteiger partial charge in [-0.3, -0.25) is 0 Å². The van der Waals surface area contributed by atoms with E-state index in [-0.39, 0.29) is 0 Å². The quantitative estimate of drug-likeness (QED) is 0.825. The van der Waals surface area contributed by atoms with Gasteiger partial charge in [0.15, 0.2) is 0 Å². The van der Waals surface area contributed by atoms with Crippen LogP contribution in [0, 0.1) is 24.7 Å². The lowest BCUT2D eigenvalue weighted by Gasteiger charge is -2.29. The molecule has 3 atom stereocenters. The molecule has 0 aromatic heterocycles. The predicted octanol–water partition coefficient (Wildman–Crippen LogP) is 3.45. The number of nitrogens with two attached hydrogens (primary N) is 1. The van der Waals surface area contributed by atoms with Crippen molar-refractivity contribution >= 4 is 11.4 Å². The fourth-order valence-corrected chi connectivity index (χ4v) is 3.95. The van der Waals surface area contributed by atoms with Gasteiger partial charge in [0.2, 0.25) is 0 Å². The molecule has 2 N–H and O–H groups in total. The summed E-state index contributed by atoms with van der Waals surface area (Å²) in [6, 6.07) is 6.39. The Morgan fingerprint density at radius 2 is 2.11 bits per heavy atom. The molecule has 2 fully saturated rings. The van der Waals surface area contributed by atoms with Crippen molar-refractivity contribution in [1.29, 1.82) is 0 Å². The molecule has 2 saturated carbocycles. The average Bonchev–Trinajstić information content (AvgIpc) is 2.94. The molecular weight excluding hydrogens is 220 g/mol. The Bertz CT molecular complexity index is 441. The lowest BCUT2D eigenvalue weighted by Crippen LogP contribution is -2.28. The van der Waals surface area contributed by atoms with Gasteiger partial charge in [0.1, 0.15) is 0 Å². The second-order valence-electron chi connectivity index (χ2n) is 6.36. The highest BCUT2D eigenvalue weighted by atomic mass is 15.1. The standard InChI is InChI=1S/C16H24N2/c1-11-7-15(5-6-16(11)17)18(2)10-14-9-12-3-4-13(14)8-12/h5-7,12-14H,3-4,8-10,17H2,1-2H3. The third kappa shape index (κ3) is 2.09. The fraction of sp³-hybridized carbons (Fsp3) is 0.625. The van der Waals surface area contributed by atoms with E-state index in [4.69, 9.17) is 5.73 Å². The van der Waals surface area contributed by atoms with Gasteiger partial charge in [-0.15, -0.1) is 0 Å². The van der Waals surface area contributed by atoms with Crippen LogP contribution in [0.4, 0.5) is 11.4 Å². The molecule has 2 aliphatic rings. The van der Waals surface area contributed by atoms with E-state index in [0.717, 1.165) is 23.4 Å². The zero-order valence-corrected chi connectivity index (χ0v) is 11.5. The van der Waals surface area contributed by atoms with Crippen molar-refractivity contribution in [2.24, 2.45) is 17.8 Å². The molecule has 3 unspecified atom stereocenters. The van der Waals surface area contributed by atoms with E-state index in [0.29, 0.717) is 0 Å². The van der Waals surface area contributed by atoms with Crippen molar-refractivity contribution in [3.8, 4) is 0 Å². The topological polar surface area (TPSA) is 29.3 Å². The number of benzene rings is 1. The maximum absolute atomic E-state index is 5.88. The Morgan fingerprint density at radius 3 is 2.72 bits per heavy atom. The first kappa shape index (κ1) is 11.9. The van der Waals surface area contributed by atoms with Gasteiger partial charge in [-0.25, -0.2) is 0 Å². The molecule has 0 spiro atoms. The van der Waals surface area contributed by atoms with Crippen LogP contribution < -0.4 is 10.6 Å². The Labute approximate surface area is 110 Å². The number of anilines is 2. The van der Waals surface area contributed by atoms with Gasteiger partial charge in [0.05, 0.1) is 0 Å². The summed E-state index contributed by atoms with van der Waals surface area (Å²) >= 11 is 0. The number of hydrogen-bond donors (Lipinski definition) is 1. The minimum atomic E-state index is 0.895. The fourth-order valence-electron chi connectivity index (χ4n) is 3.95. The molecule has 0 saturated heterocycles. The molecule has 18 heavy (non-hydrogen) atoms. The lowest BCUT2D eigenvalue weighted by atomic mass is 9.88. The monoisotopic (exact) mass is 244 g/mol. The first-order chi connectivity index (χ1) is 8.63. The van der Waals surface area contributed by atoms with E-state index in [9.17, 15) is 0 Å². The second kappa shape index (κ2) is 4.49. The molecule has 3 rings (SSSR count). The Morgan fingerprint density at radius 1 is 1.28 bits per heavy atom. The maximum atomic E-state index is 5.88. The van der Waals surface area contributed by atoms with E-state index in [1.54, 1.807) is 0 Å². The Balaban J connectivity index is 1.67. The summed E-state index contributed by atoms with van der Waals surface area (Å²) in [5.74, 6) is 2.97. The molecule has 2 heteroatoms. The summed E-state index contributed by atoms with van der Waals surface area (Å²) in [5.41, 5.74) is 9.28. The van der Waals surface area contributed by atoms with E-state index < -0.39 is 0 Å². The molecule has 2 bridgehead atoms. The molecule has 0 amide bonds. The summed E-state index contributed by atoms with van der Waals surface area (Å²) in [4.78, 5) is 2.41. The zero-order chi connectivity index (χ0) is 12.7. The average molecular weight is 244 g/mol. The van der Waals surface area contributed by atoms with Gasteiger partial charge in [-0.2, -0.15) is 0 Å². The van der Waals surface area contributed by atoms with Gasteiger partial charge >= 0.3 is 0 Å². The first-order valence-electron chi connectivity index (χ1n) is 7.20. The number of fused-ring (bicyclic) bond motifs is 2. The van der Waals surface area contributed by atoms with Crippen molar-refractivity contribution < 1.29 is 0 Å². The molecule has 0 aliphatic heterocycles. The lowest BCUT2D eigenvalue weighted by molar-refractivity contribution is 0.337. The zero-order valence-electron chi connectivity index (χ0n) is 11.5. The highest BCUT2D eigenvalue weighted by molar-refractivity contribution is 5.57. The van der Waals surface area contributed by atoms with Crippen LogP contribution in [0.3, 0.4) is 0 Å². The third-order valence-corrected chi connectivity index (χ3v) is 5.09. The largest absolute Gasteiger partial charge is 0.399 e. The van der Waals surface area contributed by atoms with E-state index >= 15 is 0 Å². The Kier molecular flexibility index (Phi) is 2.96. The van der Waals surface area contributed by atoms with Gasteiger partial charge in [0, 0.05) is 25.0 Å². The van der Waals surface area contributed by atoms with Crippen LogP contribution in [-0.2, 0) is 0 Å². The first-order valence-corrected chi connectivity index (χ1v) is 7.20. The summed E-state index contributed by atoms with van der Waals surface area (Å²) < 4.78 is 0. The van der Waals surface area contributed by atoms with Gasteiger partial charge in [-0.05, 0) is 67.7 Å². The van der Waals surface area contributed by atoms with Gasteiger partial charge in [-0.1, -0.05) is 6.42 Å². The molecule has 1 aromatic carbocycles. The smallest absolute Gasteiger partial charge is 0.0367 e. The normalized spacial score (nSPS) is 29.8. The van der Waals surface area contributed by atoms with Crippen LogP contribution in [0.25, 0.3) is 0 Å². The number of aryl methyl sites for hydroxylation is 1. The molecule has 1 aromatic rings. The molecular formula is C16H24N2. The predicted molar refractivity (Wildman–Crippen MR) is 77.8 cm³/mol. The summed E-state index contributed by atoms with van der Waals surface area (Å²) in [6.07, 6.45) is 5.93. The summed E-state index contributed by atoms with van der Waals surface area (Å²) in [6.45, 7) is 3.30. The SMILES string of the molecule is Cc1cc(N(C)CC2CC3CCC2C3)ccc1N. The van der Waals surface area contributed by atoms with Crippen LogP contribution in [0.15, 0.2) is 18.2 Å². The highest BCUT2D eigenvalue weighted by Crippen LogP contribution is 2.48. The number of nitrogen functional groups attached to an aromatic ring is 1. The van der Waals surface area contributed by atoms with Gasteiger partial charge in [0.25, 0.3) is 0 Å². The van der Waals surface area contributed by atoms with Crippen LogP contribution in [0.2, 0.25) is 0 Å².